The number of sulfone groups is 1. The lowest BCUT2D eigenvalue weighted by atomic mass is 10.1. The number of carbonyl (C=O) groups excluding carboxylic acids is 1. The molecule has 0 fully saturated rings. The van der Waals surface area contributed by atoms with Crippen molar-refractivity contribution in [3.05, 3.63) is 64.7 Å². The van der Waals surface area contributed by atoms with Crippen molar-refractivity contribution in [1.29, 1.82) is 5.41 Å². The smallest absolute Gasteiger partial charge is 0.283 e. The zero-order valence-corrected chi connectivity index (χ0v) is 21.1. The third kappa shape index (κ3) is 5.63. The summed E-state index contributed by atoms with van der Waals surface area (Å²) in [7, 11) is -3.57. The van der Waals surface area contributed by atoms with Crippen LogP contribution in [-0.2, 0) is 14.6 Å². The van der Waals surface area contributed by atoms with Crippen molar-refractivity contribution >= 4 is 49.0 Å². The predicted octanol–water partition coefficient (Wildman–Crippen LogP) is 3.77. The van der Waals surface area contributed by atoms with Gasteiger partial charge in [-0.15, -0.1) is 5.10 Å². The number of ether oxygens (including phenoxy) is 2. The number of amides is 1. The van der Waals surface area contributed by atoms with Gasteiger partial charge in [-0.05, 0) is 60.5 Å². The highest BCUT2D eigenvalue weighted by Crippen LogP contribution is 2.30. The maximum atomic E-state index is 12.4. The first-order valence-electron chi connectivity index (χ1n) is 10.8. The lowest BCUT2D eigenvalue weighted by molar-refractivity contribution is -0.114. The highest BCUT2D eigenvalue weighted by atomic mass is 32.3. The van der Waals surface area contributed by atoms with Gasteiger partial charge in [0.2, 0.25) is 19.4 Å². The van der Waals surface area contributed by atoms with Crippen molar-refractivity contribution < 1.29 is 22.7 Å². The Morgan fingerprint density at radius 1 is 1.06 bits per heavy atom. The summed E-state index contributed by atoms with van der Waals surface area (Å²) in [5.74, 6) is 0.733. The molecule has 2 aromatic rings. The van der Waals surface area contributed by atoms with Crippen LogP contribution in [0.3, 0.4) is 0 Å². The highest BCUT2D eigenvalue weighted by Gasteiger charge is 2.38. The lowest BCUT2D eigenvalue weighted by Gasteiger charge is -2.20. The fourth-order valence-corrected chi connectivity index (χ4v) is 5.09. The van der Waals surface area contributed by atoms with Crippen LogP contribution in [-0.4, -0.2) is 54.2 Å². The second kappa shape index (κ2) is 10.0. The van der Waals surface area contributed by atoms with Gasteiger partial charge in [-0.1, -0.05) is 30.3 Å². The van der Waals surface area contributed by atoms with Crippen LogP contribution in [0.1, 0.15) is 23.1 Å². The molecule has 11 heteroatoms. The summed E-state index contributed by atoms with van der Waals surface area (Å²) in [5.41, 5.74) is 2.90. The Hall–Kier alpha value is -3.44. The van der Waals surface area contributed by atoms with Gasteiger partial charge in [0.05, 0.1) is 18.8 Å². The van der Waals surface area contributed by atoms with E-state index in [9.17, 15) is 13.2 Å². The van der Waals surface area contributed by atoms with Crippen molar-refractivity contribution in [2.24, 2.45) is 10.1 Å². The molecule has 0 unspecified atom stereocenters. The number of hydrogen-bond donors (Lipinski definition) is 1. The van der Waals surface area contributed by atoms with Gasteiger partial charge in [0.15, 0.2) is 5.84 Å². The monoisotopic (exact) mass is 512 g/mol. The summed E-state index contributed by atoms with van der Waals surface area (Å²) in [4.78, 5) is 16.3. The summed E-state index contributed by atoms with van der Waals surface area (Å²) < 4.78 is 35.0. The molecule has 35 heavy (non-hydrogen) atoms. The van der Waals surface area contributed by atoms with Gasteiger partial charge in [-0.2, -0.15) is 10.0 Å². The molecule has 0 aliphatic carbocycles. The zero-order valence-electron chi connectivity index (χ0n) is 19.4. The molecule has 0 atom stereocenters. The van der Waals surface area contributed by atoms with E-state index in [2.05, 4.69) is 10.1 Å². The van der Waals surface area contributed by atoms with Gasteiger partial charge in [0.25, 0.3) is 5.91 Å². The molecule has 9 nitrogen and oxygen atoms in total. The van der Waals surface area contributed by atoms with Crippen LogP contribution in [0.25, 0.3) is 6.08 Å². The van der Waals surface area contributed by atoms with Gasteiger partial charge >= 0.3 is 0 Å². The Labute approximate surface area is 208 Å². The zero-order chi connectivity index (χ0) is 25.2. The number of aryl methyl sites for hydroxylation is 2. The van der Waals surface area contributed by atoms with Crippen LogP contribution in [0, 0.1) is 19.3 Å². The Bertz CT molecular complexity index is 1360. The molecule has 2 heterocycles. The molecule has 0 spiro atoms. The van der Waals surface area contributed by atoms with Crippen LogP contribution in [0.4, 0.5) is 0 Å². The second-order valence-electron chi connectivity index (χ2n) is 8.00. The van der Waals surface area contributed by atoms with Crippen molar-refractivity contribution in [2.45, 2.75) is 20.3 Å². The molecular formula is C24H24N4O5S2. The Morgan fingerprint density at radius 2 is 1.71 bits per heavy atom. The second-order valence-corrected chi connectivity index (χ2v) is 11.1. The fraction of sp³-hybridized carbons (Fsp3) is 0.250. The van der Waals surface area contributed by atoms with Crippen LogP contribution >= 0.6 is 11.8 Å². The van der Waals surface area contributed by atoms with Gasteiger partial charge in [0, 0.05) is 12.7 Å². The summed E-state index contributed by atoms with van der Waals surface area (Å²) in [6.45, 7) is 5.07. The van der Waals surface area contributed by atoms with E-state index >= 15 is 0 Å². The van der Waals surface area contributed by atoms with Crippen molar-refractivity contribution in [2.75, 3.05) is 19.5 Å². The fourth-order valence-electron chi connectivity index (χ4n) is 3.40. The average Bonchev–Trinajstić information content (AvgIpc) is 3.24. The van der Waals surface area contributed by atoms with E-state index in [4.69, 9.17) is 14.9 Å². The molecule has 2 aliphatic heterocycles. The Kier molecular flexibility index (Phi) is 7.08. The molecule has 0 bridgehead atoms. The van der Waals surface area contributed by atoms with Gasteiger partial charge < -0.3 is 9.47 Å². The number of hydrazone groups is 1. The van der Waals surface area contributed by atoms with Crippen molar-refractivity contribution in [3.8, 4) is 11.5 Å². The van der Waals surface area contributed by atoms with E-state index in [0.717, 1.165) is 46.3 Å². The molecule has 0 radical (unpaired) electrons. The van der Waals surface area contributed by atoms with E-state index < -0.39 is 15.7 Å². The van der Waals surface area contributed by atoms with Crippen LogP contribution < -0.4 is 9.47 Å². The maximum absolute atomic E-state index is 12.4. The number of thioether (sulfide) groups is 1. The normalized spacial score (nSPS) is 16.8. The highest BCUT2D eigenvalue weighted by molar-refractivity contribution is 8.42. The van der Waals surface area contributed by atoms with E-state index in [1.807, 2.05) is 32.0 Å². The number of aliphatic imine (C=N–C) groups is 1. The minimum atomic E-state index is -3.57. The minimum Gasteiger partial charge on any atom is -0.493 e. The molecule has 0 saturated heterocycles. The summed E-state index contributed by atoms with van der Waals surface area (Å²) in [6, 6.07) is 13.1. The number of carbonyl (C=O) groups is 1. The van der Waals surface area contributed by atoms with Gasteiger partial charge in [-0.25, -0.2) is 8.42 Å². The van der Waals surface area contributed by atoms with E-state index in [1.54, 1.807) is 24.3 Å². The molecule has 0 aromatic heterocycles. The average molecular weight is 513 g/mol. The van der Waals surface area contributed by atoms with Crippen molar-refractivity contribution in [1.82, 2.24) is 5.01 Å². The number of amidine groups is 2. The van der Waals surface area contributed by atoms with Crippen LogP contribution in [0.15, 0.2) is 58.1 Å². The molecule has 4 rings (SSSR count). The number of rotatable bonds is 7. The first-order chi connectivity index (χ1) is 16.6. The number of benzene rings is 2. The third-order valence-corrected chi connectivity index (χ3v) is 7.73. The first kappa shape index (κ1) is 24.7. The SMILES string of the molecule is Cc1cccc(C)c1OCCCOc1ccc(/C=C2/C(=N)N3N=C(S(C)(=O)=O)SC3=NC2=O)cc1. The summed E-state index contributed by atoms with van der Waals surface area (Å²) in [6.07, 6.45) is 3.25. The number of para-hydroxylation sites is 1. The quantitative estimate of drug-likeness (QED) is 0.443. The predicted molar refractivity (Wildman–Crippen MR) is 138 cm³/mol. The van der Waals surface area contributed by atoms with Crippen LogP contribution in [0.2, 0.25) is 0 Å². The minimum absolute atomic E-state index is 0.0187. The van der Waals surface area contributed by atoms with E-state index in [-0.39, 0.29) is 21.0 Å². The number of nitrogens with one attached hydrogen (secondary N) is 1. The maximum Gasteiger partial charge on any atom is 0.283 e. The largest absolute Gasteiger partial charge is 0.493 e. The van der Waals surface area contributed by atoms with E-state index in [0.29, 0.717) is 24.5 Å². The molecule has 1 amide bonds. The van der Waals surface area contributed by atoms with Crippen LogP contribution in [0.5, 0.6) is 11.5 Å². The standard InChI is InChI=1S/C24H24N4O5S2/c1-15-6-4-7-16(2)20(15)33-13-5-12-32-18-10-8-17(9-11-18)14-19-21(25)28-23(26-22(19)29)34-24(27-28)35(3,30)31/h4,6-11,14,25H,5,12-13H2,1-3H3/b19-14-,25-21?. The van der Waals surface area contributed by atoms with E-state index in [1.165, 1.54) is 6.08 Å². The molecule has 1 N–H and O–H groups in total. The van der Waals surface area contributed by atoms with Gasteiger partial charge in [-0.3, -0.25) is 10.2 Å². The van der Waals surface area contributed by atoms with Gasteiger partial charge in [0.1, 0.15) is 11.5 Å². The Morgan fingerprint density at radius 3 is 2.37 bits per heavy atom. The molecule has 0 saturated carbocycles. The topological polar surface area (TPSA) is 121 Å². The third-order valence-electron chi connectivity index (χ3n) is 5.16. The number of nitrogens with zero attached hydrogens (tertiary/aromatic N) is 3. The number of hydrogen-bond acceptors (Lipinski definition) is 8. The lowest BCUT2D eigenvalue weighted by Crippen LogP contribution is -2.35. The molecule has 2 aliphatic rings. The number of fused-ring (bicyclic) bond motifs is 1. The summed E-state index contributed by atoms with van der Waals surface area (Å²) >= 11 is 0.754. The van der Waals surface area contributed by atoms with Crippen molar-refractivity contribution in [3.63, 3.8) is 0 Å². The summed E-state index contributed by atoms with van der Waals surface area (Å²) in [5, 5.41) is 13.4. The molecule has 2 aromatic carbocycles. The first-order valence-corrected chi connectivity index (χ1v) is 13.5. The Balaban J connectivity index is 1.34. The molecule has 182 valence electrons. The molecular weight excluding hydrogens is 488 g/mol.